The second-order valence-corrected chi connectivity index (χ2v) is 4.01. The second-order valence-electron chi connectivity index (χ2n) is 4.01. The summed E-state index contributed by atoms with van der Waals surface area (Å²) in [5, 5.41) is 2.41. The molecule has 1 aliphatic heterocycles. The maximum Gasteiger partial charge on any atom is 0.0885 e. The average Bonchev–Trinajstić information content (AvgIpc) is 2.17. The summed E-state index contributed by atoms with van der Waals surface area (Å²) in [7, 11) is 2.22. The van der Waals surface area contributed by atoms with Crippen LogP contribution in [0, 0.1) is 0 Å². The van der Waals surface area contributed by atoms with Crippen LogP contribution in [0.2, 0.25) is 0 Å². The third kappa shape index (κ3) is 4.60. The Bertz CT molecular complexity index is 121. The molecule has 1 fully saturated rings. The molecule has 3 heteroatoms. The summed E-state index contributed by atoms with van der Waals surface area (Å²) in [6.45, 7) is 11.1. The Morgan fingerprint density at radius 2 is 1.92 bits per heavy atom. The van der Waals surface area contributed by atoms with Crippen LogP contribution in [0.4, 0.5) is 0 Å². The number of quaternary nitrogens is 1. The number of rotatable bonds is 5. The van der Waals surface area contributed by atoms with Gasteiger partial charge in [-0.1, -0.05) is 6.92 Å². The molecule has 0 aliphatic carbocycles. The van der Waals surface area contributed by atoms with E-state index >= 15 is 0 Å². The van der Waals surface area contributed by atoms with Crippen molar-refractivity contribution < 1.29 is 5.32 Å². The van der Waals surface area contributed by atoms with Crippen LogP contribution < -0.4 is 5.32 Å². The molecule has 0 unspecified atom stereocenters. The average molecular weight is 186 g/mol. The molecule has 0 aromatic rings. The molecule has 0 aromatic carbocycles. The van der Waals surface area contributed by atoms with E-state index in [1.54, 1.807) is 0 Å². The standard InChI is InChI=1S/C10H23N3/c1-3-6-12(2)9-10-13-7-4-11-5-8-13/h11H,3-10H2,1-2H3/p+1. The van der Waals surface area contributed by atoms with Crippen LogP contribution in [0.15, 0.2) is 0 Å². The molecule has 0 amide bonds. The molecule has 2 N–H and O–H groups in total. The monoisotopic (exact) mass is 186 g/mol. The summed E-state index contributed by atoms with van der Waals surface area (Å²) in [5.74, 6) is 0. The smallest absolute Gasteiger partial charge is 0.0885 e. The zero-order valence-electron chi connectivity index (χ0n) is 9.13. The third-order valence-electron chi connectivity index (χ3n) is 2.70. The first-order valence-electron chi connectivity index (χ1n) is 5.55. The normalized spacial score (nSPS) is 19.6. The lowest BCUT2D eigenvalue weighted by Crippen LogP contribution is -2.89. The van der Waals surface area contributed by atoms with Gasteiger partial charge in [-0.2, -0.15) is 0 Å². The van der Waals surface area contributed by atoms with Crippen molar-refractivity contribution in [3.05, 3.63) is 0 Å². The van der Waals surface area contributed by atoms with Gasteiger partial charge in [0.15, 0.2) is 0 Å². The van der Waals surface area contributed by atoms with Crippen LogP contribution in [0.25, 0.3) is 0 Å². The van der Waals surface area contributed by atoms with Crippen molar-refractivity contribution in [1.82, 2.24) is 9.80 Å². The van der Waals surface area contributed by atoms with Gasteiger partial charge < -0.3 is 10.2 Å². The highest BCUT2D eigenvalue weighted by Gasteiger charge is 2.11. The van der Waals surface area contributed by atoms with Crippen molar-refractivity contribution in [3.8, 4) is 0 Å². The minimum absolute atomic E-state index is 1.23. The maximum absolute atomic E-state index is 2.58. The molecule has 0 saturated carbocycles. The van der Waals surface area contributed by atoms with Crippen molar-refractivity contribution in [3.63, 3.8) is 0 Å². The van der Waals surface area contributed by atoms with Gasteiger partial charge in [0.25, 0.3) is 0 Å². The van der Waals surface area contributed by atoms with Gasteiger partial charge in [0, 0.05) is 26.2 Å². The third-order valence-corrected chi connectivity index (χ3v) is 2.70. The van der Waals surface area contributed by atoms with Crippen LogP contribution in [-0.4, -0.2) is 62.7 Å². The summed E-state index contributed by atoms with van der Waals surface area (Å²) >= 11 is 0. The van der Waals surface area contributed by atoms with Gasteiger partial charge >= 0.3 is 0 Å². The van der Waals surface area contributed by atoms with Crippen molar-refractivity contribution in [2.24, 2.45) is 0 Å². The first-order valence-corrected chi connectivity index (χ1v) is 5.55. The van der Waals surface area contributed by atoms with E-state index in [4.69, 9.17) is 0 Å². The highest BCUT2D eigenvalue weighted by molar-refractivity contribution is 4.61. The fourth-order valence-electron chi connectivity index (χ4n) is 1.83. The second kappa shape index (κ2) is 6.35. The predicted octanol–water partition coefficient (Wildman–Crippen LogP) is -0.793. The Morgan fingerprint density at radius 1 is 1.23 bits per heavy atom. The highest BCUT2D eigenvalue weighted by Crippen LogP contribution is 1.91. The number of nitrogens with two attached hydrogens (primary N) is 1. The molecule has 78 valence electrons. The van der Waals surface area contributed by atoms with Gasteiger partial charge in [-0.05, 0) is 20.0 Å². The molecule has 13 heavy (non-hydrogen) atoms. The van der Waals surface area contributed by atoms with Crippen molar-refractivity contribution in [2.75, 3.05) is 52.9 Å². The molecule has 0 bridgehead atoms. The van der Waals surface area contributed by atoms with Crippen LogP contribution in [0.1, 0.15) is 13.3 Å². The molecule has 1 aliphatic rings. The summed E-state index contributed by atoms with van der Waals surface area (Å²) < 4.78 is 0. The number of hydrogen-bond donors (Lipinski definition) is 1. The Balaban J connectivity index is 2.03. The van der Waals surface area contributed by atoms with Gasteiger partial charge in [-0.15, -0.1) is 0 Å². The Labute approximate surface area is 82.1 Å². The van der Waals surface area contributed by atoms with E-state index < -0.39 is 0 Å². The van der Waals surface area contributed by atoms with Crippen LogP contribution in [0.3, 0.4) is 0 Å². The van der Waals surface area contributed by atoms with E-state index in [-0.39, 0.29) is 0 Å². The van der Waals surface area contributed by atoms with Gasteiger partial charge in [0.1, 0.15) is 0 Å². The maximum atomic E-state index is 2.58. The first kappa shape index (κ1) is 11.0. The van der Waals surface area contributed by atoms with Gasteiger partial charge in [0.2, 0.25) is 0 Å². The molecule has 0 atom stereocenters. The van der Waals surface area contributed by atoms with Crippen LogP contribution >= 0.6 is 0 Å². The Hall–Kier alpha value is -0.120. The Kier molecular flexibility index (Phi) is 5.35. The van der Waals surface area contributed by atoms with Crippen molar-refractivity contribution >= 4 is 0 Å². The lowest BCUT2D eigenvalue weighted by Gasteiger charge is -2.27. The molecule has 0 radical (unpaired) electrons. The van der Waals surface area contributed by atoms with Crippen molar-refractivity contribution in [1.29, 1.82) is 0 Å². The SMILES string of the molecule is CCCN(C)CCN1CC[NH2+]CC1. The molecule has 0 spiro atoms. The van der Waals surface area contributed by atoms with Crippen LogP contribution in [-0.2, 0) is 0 Å². The zero-order chi connectivity index (χ0) is 9.52. The summed E-state index contributed by atoms with van der Waals surface area (Å²) in [6.07, 6.45) is 1.27. The molecular weight excluding hydrogens is 162 g/mol. The predicted molar refractivity (Wildman–Crippen MR) is 55.9 cm³/mol. The minimum atomic E-state index is 1.23. The van der Waals surface area contributed by atoms with Gasteiger partial charge in [0.05, 0.1) is 13.1 Å². The quantitative estimate of drug-likeness (QED) is 0.608. The lowest BCUT2D eigenvalue weighted by atomic mass is 10.3. The van der Waals surface area contributed by atoms with E-state index in [9.17, 15) is 0 Å². The van der Waals surface area contributed by atoms with E-state index in [2.05, 4.69) is 29.1 Å². The summed E-state index contributed by atoms with van der Waals surface area (Å²) in [6, 6.07) is 0. The Morgan fingerprint density at radius 3 is 2.54 bits per heavy atom. The largest absolute Gasteiger partial charge is 0.344 e. The zero-order valence-corrected chi connectivity index (χ0v) is 9.13. The minimum Gasteiger partial charge on any atom is -0.344 e. The first-order chi connectivity index (χ1) is 6.33. The number of likely N-dealkylation sites (N-methyl/N-ethyl adjacent to an activating group) is 1. The lowest BCUT2D eigenvalue weighted by molar-refractivity contribution is -0.663. The molecule has 1 rings (SSSR count). The summed E-state index contributed by atoms with van der Waals surface area (Å²) in [5.41, 5.74) is 0. The van der Waals surface area contributed by atoms with Crippen LogP contribution in [0.5, 0.6) is 0 Å². The molecule has 1 heterocycles. The molecular formula is C10H24N3+. The topological polar surface area (TPSA) is 23.1 Å². The number of piperazine rings is 1. The number of hydrogen-bond acceptors (Lipinski definition) is 2. The van der Waals surface area contributed by atoms with E-state index in [0.29, 0.717) is 0 Å². The van der Waals surface area contributed by atoms with Gasteiger partial charge in [-0.25, -0.2) is 0 Å². The van der Waals surface area contributed by atoms with E-state index in [0.717, 1.165) is 0 Å². The van der Waals surface area contributed by atoms with E-state index in [1.807, 2.05) is 0 Å². The van der Waals surface area contributed by atoms with Gasteiger partial charge in [-0.3, -0.25) is 4.90 Å². The summed E-state index contributed by atoms with van der Waals surface area (Å²) in [4.78, 5) is 5.00. The molecule has 0 aromatic heterocycles. The van der Waals surface area contributed by atoms with Crippen molar-refractivity contribution in [2.45, 2.75) is 13.3 Å². The van der Waals surface area contributed by atoms with E-state index in [1.165, 1.54) is 52.2 Å². The number of nitrogens with zero attached hydrogens (tertiary/aromatic N) is 2. The fourth-order valence-corrected chi connectivity index (χ4v) is 1.83. The molecule has 3 nitrogen and oxygen atoms in total. The molecule has 1 saturated heterocycles. The highest BCUT2D eigenvalue weighted by atomic mass is 15.2. The fraction of sp³-hybridized carbons (Fsp3) is 1.00.